The monoisotopic (exact) mass is 191 g/mol. The van der Waals surface area contributed by atoms with Crippen molar-refractivity contribution in [2.75, 3.05) is 0 Å². The van der Waals surface area contributed by atoms with E-state index in [0.29, 0.717) is 5.75 Å². The number of hydrogen-bond acceptors (Lipinski definition) is 3. The molecule has 0 aromatic carbocycles. The van der Waals surface area contributed by atoms with Crippen LogP contribution in [-0.4, -0.2) is 11.0 Å². The van der Waals surface area contributed by atoms with Gasteiger partial charge in [0.25, 0.3) is 0 Å². The zero-order valence-corrected chi connectivity index (χ0v) is 8.25. The largest absolute Gasteiger partial charge is 0.425 e. The van der Waals surface area contributed by atoms with Crippen LogP contribution in [0.2, 0.25) is 0 Å². The van der Waals surface area contributed by atoms with Crippen LogP contribution in [0.25, 0.3) is 0 Å². The first-order chi connectivity index (χ1) is 6.75. The molecule has 1 aromatic rings. The molecule has 0 bridgehead atoms. The molecule has 14 heavy (non-hydrogen) atoms. The van der Waals surface area contributed by atoms with Gasteiger partial charge in [-0.05, 0) is 37.3 Å². The van der Waals surface area contributed by atoms with Crippen molar-refractivity contribution in [3.63, 3.8) is 0 Å². The quantitative estimate of drug-likeness (QED) is 0.636. The van der Waals surface area contributed by atoms with Crippen molar-refractivity contribution < 1.29 is 9.53 Å². The second-order valence-corrected chi connectivity index (χ2v) is 3.58. The van der Waals surface area contributed by atoms with Gasteiger partial charge in [0.2, 0.25) is 0 Å². The molecule has 2 rings (SSSR count). The Balaban J connectivity index is 2.24. The summed E-state index contributed by atoms with van der Waals surface area (Å²) >= 11 is 0. The lowest BCUT2D eigenvalue weighted by atomic mass is 9.96. The fraction of sp³-hybridized carbons (Fsp3) is 0.455. The first kappa shape index (κ1) is 9.19. The number of rotatable bonds is 1. The van der Waals surface area contributed by atoms with E-state index in [1.54, 1.807) is 6.20 Å². The molecule has 1 heterocycles. The van der Waals surface area contributed by atoms with Crippen molar-refractivity contribution in [3.05, 3.63) is 23.5 Å². The van der Waals surface area contributed by atoms with E-state index in [2.05, 4.69) is 4.98 Å². The van der Waals surface area contributed by atoms with Crippen LogP contribution < -0.4 is 4.74 Å². The van der Waals surface area contributed by atoms with E-state index in [1.807, 2.05) is 6.07 Å². The number of aromatic nitrogens is 1. The minimum Gasteiger partial charge on any atom is -0.425 e. The molecule has 0 saturated carbocycles. The first-order valence-corrected chi connectivity index (χ1v) is 4.92. The summed E-state index contributed by atoms with van der Waals surface area (Å²) in [5, 5.41) is 0. The van der Waals surface area contributed by atoms with Crippen LogP contribution in [-0.2, 0) is 17.6 Å². The second kappa shape index (κ2) is 3.78. The first-order valence-electron chi connectivity index (χ1n) is 4.92. The molecule has 0 amide bonds. The van der Waals surface area contributed by atoms with Crippen molar-refractivity contribution in [3.8, 4) is 5.75 Å². The summed E-state index contributed by atoms with van der Waals surface area (Å²) in [7, 11) is 0. The molecule has 0 radical (unpaired) electrons. The van der Waals surface area contributed by atoms with E-state index < -0.39 is 0 Å². The standard InChI is InChI=1S/C11H13NO2/c1-8(13)14-10-6-9-4-2-3-5-11(9)12-7-10/h6-7H,2-5H2,1H3. The Labute approximate surface area is 83.1 Å². The molecule has 0 fully saturated rings. The summed E-state index contributed by atoms with van der Waals surface area (Å²) in [5.41, 5.74) is 2.39. The lowest BCUT2D eigenvalue weighted by Crippen LogP contribution is -2.07. The number of esters is 1. The van der Waals surface area contributed by atoms with Crippen LogP contribution >= 0.6 is 0 Å². The van der Waals surface area contributed by atoms with Crippen LogP contribution in [0.5, 0.6) is 5.75 Å². The van der Waals surface area contributed by atoms with Crippen LogP contribution in [0, 0.1) is 0 Å². The number of pyridine rings is 1. The van der Waals surface area contributed by atoms with Gasteiger partial charge in [0.1, 0.15) is 5.75 Å². The van der Waals surface area contributed by atoms with Gasteiger partial charge in [0.15, 0.2) is 0 Å². The topological polar surface area (TPSA) is 39.2 Å². The number of nitrogens with zero attached hydrogens (tertiary/aromatic N) is 1. The lowest BCUT2D eigenvalue weighted by molar-refractivity contribution is -0.131. The highest BCUT2D eigenvalue weighted by molar-refractivity contribution is 5.69. The van der Waals surface area contributed by atoms with E-state index in [-0.39, 0.29) is 5.97 Å². The van der Waals surface area contributed by atoms with Gasteiger partial charge in [0, 0.05) is 12.6 Å². The van der Waals surface area contributed by atoms with Crippen molar-refractivity contribution >= 4 is 5.97 Å². The molecule has 0 atom stereocenters. The number of hydrogen-bond donors (Lipinski definition) is 0. The van der Waals surface area contributed by atoms with E-state index in [4.69, 9.17) is 4.74 Å². The maximum absolute atomic E-state index is 10.7. The van der Waals surface area contributed by atoms with Crippen molar-refractivity contribution in [1.29, 1.82) is 0 Å². The summed E-state index contributed by atoms with van der Waals surface area (Å²) in [6.07, 6.45) is 6.16. The Bertz CT molecular complexity index is 360. The number of fused-ring (bicyclic) bond motifs is 1. The fourth-order valence-electron chi connectivity index (χ4n) is 1.79. The third-order valence-corrected chi connectivity index (χ3v) is 2.41. The summed E-state index contributed by atoms with van der Waals surface area (Å²) in [6.45, 7) is 1.40. The number of ether oxygens (including phenoxy) is 1. The predicted molar refractivity (Wildman–Crippen MR) is 52.2 cm³/mol. The highest BCUT2D eigenvalue weighted by Gasteiger charge is 2.11. The lowest BCUT2D eigenvalue weighted by Gasteiger charge is -2.14. The summed E-state index contributed by atoms with van der Waals surface area (Å²) in [4.78, 5) is 15.0. The highest BCUT2D eigenvalue weighted by Crippen LogP contribution is 2.22. The summed E-state index contributed by atoms with van der Waals surface area (Å²) < 4.78 is 4.98. The molecule has 0 unspecified atom stereocenters. The zero-order valence-electron chi connectivity index (χ0n) is 8.25. The minimum atomic E-state index is -0.289. The van der Waals surface area contributed by atoms with Gasteiger partial charge >= 0.3 is 5.97 Å². The van der Waals surface area contributed by atoms with E-state index in [9.17, 15) is 4.79 Å². The summed E-state index contributed by atoms with van der Waals surface area (Å²) in [6, 6.07) is 1.93. The van der Waals surface area contributed by atoms with Gasteiger partial charge in [-0.3, -0.25) is 9.78 Å². The maximum Gasteiger partial charge on any atom is 0.308 e. The molecule has 74 valence electrons. The minimum absolute atomic E-state index is 0.289. The van der Waals surface area contributed by atoms with Crippen LogP contribution in [0.1, 0.15) is 31.0 Å². The molecule has 3 heteroatoms. The predicted octanol–water partition coefficient (Wildman–Crippen LogP) is 1.89. The van der Waals surface area contributed by atoms with Gasteiger partial charge in [-0.25, -0.2) is 0 Å². The second-order valence-electron chi connectivity index (χ2n) is 3.58. The molecule has 1 aliphatic rings. The van der Waals surface area contributed by atoms with Crippen molar-refractivity contribution in [1.82, 2.24) is 4.98 Å². The fourth-order valence-corrected chi connectivity index (χ4v) is 1.79. The average molecular weight is 191 g/mol. The number of carbonyl (C=O) groups excluding carboxylic acids is 1. The van der Waals surface area contributed by atoms with Crippen LogP contribution in [0.4, 0.5) is 0 Å². The van der Waals surface area contributed by atoms with Crippen LogP contribution in [0.3, 0.4) is 0 Å². The smallest absolute Gasteiger partial charge is 0.308 e. The molecule has 1 aromatic heterocycles. The van der Waals surface area contributed by atoms with E-state index in [0.717, 1.165) is 18.5 Å². The Morgan fingerprint density at radius 2 is 2.21 bits per heavy atom. The molecule has 0 saturated heterocycles. The molecule has 3 nitrogen and oxygen atoms in total. The normalized spacial score (nSPS) is 14.6. The Morgan fingerprint density at radius 1 is 1.43 bits per heavy atom. The Morgan fingerprint density at radius 3 is 3.00 bits per heavy atom. The van der Waals surface area contributed by atoms with Crippen LogP contribution in [0.15, 0.2) is 12.3 Å². The van der Waals surface area contributed by atoms with Crippen molar-refractivity contribution in [2.24, 2.45) is 0 Å². The molecular formula is C11H13NO2. The van der Waals surface area contributed by atoms with E-state index in [1.165, 1.54) is 25.3 Å². The SMILES string of the molecule is CC(=O)Oc1cnc2c(c1)CCCC2. The molecular weight excluding hydrogens is 178 g/mol. The average Bonchev–Trinajstić information content (AvgIpc) is 2.17. The Hall–Kier alpha value is -1.38. The third-order valence-electron chi connectivity index (χ3n) is 2.41. The summed E-state index contributed by atoms with van der Waals surface area (Å²) in [5.74, 6) is 0.278. The number of carbonyl (C=O) groups is 1. The maximum atomic E-state index is 10.7. The zero-order chi connectivity index (χ0) is 9.97. The highest BCUT2D eigenvalue weighted by atomic mass is 16.5. The van der Waals surface area contributed by atoms with Gasteiger partial charge in [0.05, 0.1) is 6.20 Å². The van der Waals surface area contributed by atoms with Gasteiger partial charge < -0.3 is 4.74 Å². The van der Waals surface area contributed by atoms with Gasteiger partial charge in [-0.1, -0.05) is 0 Å². The molecule has 0 aliphatic heterocycles. The van der Waals surface area contributed by atoms with Crippen molar-refractivity contribution in [2.45, 2.75) is 32.6 Å². The molecule has 0 spiro atoms. The molecule has 1 aliphatic carbocycles. The third kappa shape index (κ3) is 1.92. The number of aryl methyl sites for hydroxylation is 2. The Kier molecular flexibility index (Phi) is 2.48. The molecule has 0 N–H and O–H groups in total. The van der Waals surface area contributed by atoms with E-state index >= 15 is 0 Å². The van der Waals surface area contributed by atoms with Gasteiger partial charge in [-0.15, -0.1) is 0 Å². The van der Waals surface area contributed by atoms with Gasteiger partial charge in [-0.2, -0.15) is 0 Å².